The van der Waals surface area contributed by atoms with E-state index in [2.05, 4.69) is 10.1 Å². The lowest BCUT2D eigenvalue weighted by Crippen LogP contribution is -2.29. The van der Waals surface area contributed by atoms with Gasteiger partial charge in [0.2, 0.25) is 0 Å². The minimum absolute atomic E-state index is 0.0702. The lowest BCUT2D eigenvalue weighted by atomic mass is 9.87. The summed E-state index contributed by atoms with van der Waals surface area (Å²) >= 11 is 0. The third-order valence-corrected chi connectivity index (χ3v) is 4.84. The molecule has 1 aliphatic rings. The van der Waals surface area contributed by atoms with Crippen LogP contribution in [0.3, 0.4) is 0 Å². The van der Waals surface area contributed by atoms with Gasteiger partial charge >= 0.3 is 5.97 Å². The fourth-order valence-electron chi connectivity index (χ4n) is 3.40. The Morgan fingerprint density at radius 2 is 2.24 bits per heavy atom. The largest absolute Gasteiger partial charge is 0.489 e. The number of carboxylic acid groups (broad SMARTS) is 1. The highest BCUT2D eigenvalue weighted by Crippen LogP contribution is 2.30. The van der Waals surface area contributed by atoms with E-state index in [1.54, 1.807) is 10.9 Å². The Kier molecular flexibility index (Phi) is 5.03. The quantitative estimate of drug-likeness (QED) is 0.862. The van der Waals surface area contributed by atoms with Crippen molar-refractivity contribution in [3.05, 3.63) is 29.7 Å². The third kappa shape index (κ3) is 3.66. The lowest BCUT2D eigenvalue weighted by Gasteiger charge is -2.27. The summed E-state index contributed by atoms with van der Waals surface area (Å²) in [7, 11) is 1.86. The maximum absolute atomic E-state index is 11.2. The molecule has 0 aliphatic heterocycles. The molecule has 2 unspecified atom stereocenters. The molecule has 1 saturated carbocycles. The number of nitrogens with two attached hydrogens (primary N) is 1. The smallest absolute Gasteiger partial charge is 0.306 e. The van der Waals surface area contributed by atoms with Crippen LogP contribution in [0.4, 0.5) is 0 Å². The SMILES string of the molecule is Cc1nc(-c2cnn(C)c2CN)ccc1OC1CCCC(C(=O)O)C1. The first-order valence-corrected chi connectivity index (χ1v) is 8.58. The van der Waals surface area contributed by atoms with E-state index in [4.69, 9.17) is 10.5 Å². The standard InChI is InChI=1S/C18H24N4O3/c1-11-17(25-13-5-3-4-12(8-13)18(23)24)7-6-15(21-11)14-10-20-22(2)16(14)9-19/h6-7,10,12-13H,3-5,8-9,19H2,1-2H3,(H,23,24). The summed E-state index contributed by atoms with van der Waals surface area (Å²) in [6.45, 7) is 2.29. The number of hydrogen-bond donors (Lipinski definition) is 2. The van der Waals surface area contributed by atoms with E-state index in [1.807, 2.05) is 26.1 Å². The van der Waals surface area contributed by atoms with Gasteiger partial charge in [0.25, 0.3) is 0 Å². The molecule has 7 nitrogen and oxygen atoms in total. The van der Waals surface area contributed by atoms with E-state index < -0.39 is 5.97 Å². The second-order valence-corrected chi connectivity index (χ2v) is 6.55. The van der Waals surface area contributed by atoms with Crippen molar-refractivity contribution < 1.29 is 14.6 Å². The first kappa shape index (κ1) is 17.4. The van der Waals surface area contributed by atoms with Crippen molar-refractivity contribution in [2.24, 2.45) is 18.7 Å². The van der Waals surface area contributed by atoms with Gasteiger partial charge in [-0.05, 0) is 44.7 Å². The molecule has 2 heterocycles. The van der Waals surface area contributed by atoms with E-state index in [0.29, 0.717) is 18.7 Å². The Morgan fingerprint density at radius 3 is 2.92 bits per heavy atom. The number of hydrogen-bond acceptors (Lipinski definition) is 5. The molecule has 2 aromatic rings. The highest BCUT2D eigenvalue weighted by molar-refractivity contribution is 5.70. The maximum Gasteiger partial charge on any atom is 0.306 e. The molecule has 2 aromatic heterocycles. The molecule has 1 aliphatic carbocycles. The summed E-state index contributed by atoms with van der Waals surface area (Å²) in [5.74, 6) is -0.337. The summed E-state index contributed by atoms with van der Waals surface area (Å²) in [6.07, 6.45) is 4.74. The Labute approximate surface area is 146 Å². The molecular weight excluding hydrogens is 320 g/mol. The lowest BCUT2D eigenvalue weighted by molar-refractivity contribution is -0.143. The van der Waals surface area contributed by atoms with Crippen LogP contribution in [-0.2, 0) is 18.4 Å². The normalized spacial score (nSPS) is 20.4. The fourth-order valence-corrected chi connectivity index (χ4v) is 3.40. The first-order valence-electron chi connectivity index (χ1n) is 8.58. The van der Waals surface area contributed by atoms with Gasteiger partial charge < -0.3 is 15.6 Å². The predicted octanol–water partition coefficient (Wildman–Crippen LogP) is 2.27. The van der Waals surface area contributed by atoms with Crippen LogP contribution in [0.2, 0.25) is 0 Å². The molecule has 3 rings (SSSR count). The number of aliphatic carboxylic acids is 1. The Morgan fingerprint density at radius 1 is 1.44 bits per heavy atom. The average molecular weight is 344 g/mol. The molecule has 0 radical (unpaired) electrons. The number of pyridine rings is 1. The molecule has 3 N–H and O–H groups in total. The third-order valence-electron chi connectivity index (χ3n) is 4.84. The van der Waals surface area contributed by atoms with Crippen molar-refractivity contribution in [3.63, 3.8) is 0 Å². The molecule has 134 valence electrons. The van der Waals surface area contributed by atoms with Gasteiger partial charge in [0.1, 0.15) is 5.75 Å². The first-order chi connectivity index (χ1) is 12.0. The van der Waals surface area contributed by atoms with Crippen molar-refractivity contribution in [2.45, 2.75) is 45.3 Å². The van der Waals surface area contributed by atoms with Gasteiger partial charge in [-0.1, -0.05) is 0 Å². The summed E-state index contributed by atoms with van der Waals surface area (Å²) in [5.41, 5.74) is 9.24. The van der Waals surface area contributed by atoms with E-state index in [0.717, 1.165) is 41.9 Å². The van der Waals surface area contributed by atoms with Crippen LogP contribution in [0.1, 0.15) is 37.1 Å². The molecule has 25 heavy (non-hydrogen) atoms. The van der Waals surface area contributed by atoms with Crippen molar-refractivity contribution in [3.8, 4) is 17.0 Å². The van der Waals surface area contributed by atoms with Crippen LogP contribution < -0.4 is 10.5 Å². The van der Waals surface area contributed by atoms with Crippen LogP contribution in [-0.4, -0.2) is 31.9 Å². The highest BCUT2D eigenvalue weighted by Gasteiger charge is 2.28. The van der Waals surface area contributed by atoms with Gasteiger partial charge in [0.05, 0.1) is 35.3 Å². The summed E-state index contributed by atoms with van der Waals surface area (Å²) in [4.78, 5) is 15.8. The van der Waals surface area contributed by atoms with Crippen LogP contribution in [0.15, 0.2) is 18.3 Å². The van der Waals surface area contributed by atoms with E-state index in [-0.39, 0.29) is 12.0 Å². The van der Waals surface area contributed by atoms with Crippen molar-refractivity contribution in [1.82, 2.24) is 14.8 Å². The van der Waals surface area contributed by atoms with Gasteiger partial charge in [0.15, 0.2) is 0 Å². The molecule has 0 spiro atoms. The minimum atomic E-state index is -0.732. The van der Waals surface area contributed by atoms with Gasteiger partial charge in [-0.15, -0.1) is 0 Å². The topological polar surface area (TPSA) is 103 Å². The van der Waals surface area contributed by atoms with E-state index in [9.17, 15) is 9.90 Å². The fraction of sp³-hybridized carbons (Fsp3) is 0.500. The highest BCUT2D eigenvalue weighted by atomic mass is 16.5. The van der Waals surface area contributed by atoms with Crippen molar-refractivity contribution >= 4 is 5.97 Å². The Bertz CT molecular complexity index is 772. The second-order valence-electron chi connectivity index (χ2n) is 6.55. The zero-order chi connectivity index (χ0) is 18.0. The molecule has 0 saturated heterocycles. The average Bonchev–Trinajstić information content (AvgIpc) is 2.97. The van der Waals surface area contributed by atoms with Crippen LogP contribution in [0.25, 0.3) is 11.3 Å². The Hall–Kier alpha value is -2.41. The molecule has 7 heteroatoms. The van der Waals surface area contributed by atoms with Crippen LogP contribution >= 0.6 is 0 Å². The number of carbonyl (C=O) groups is 1. The number of aromatic nitrogens is 3. The summed E-state index contributed by atoms with van der Waals surface area (Å²) in [6, 6.07) is 3.80. The molecule has 0 amide bonds. The number of ether oxygens (including phenoxy) is 1. The predicted molar refractivity (Wildman–Crippen MR) is 93.1 cm³/mol. The molecule has 0 aromatic carbocycles. The summed E-state index contributed by atoms with van der Waals surface area (Å²) < 4.78 is 7.80. The molecule has 1 fully saturated rings. The van der Waals surface area contributed by atoms with Gasteiger partial charge in [-0.25, -0.2) is 4.98 Å². The van der Waals surface area contributed by atoms with E-state index in [1.165, 1.54) is 0 Å². The van der Waals surface area contributed by atoms with Crippen molar-refractivity contribution in [1.29, 1.82) is 0 Å². The number of nitrogens with zero attached hydrogens (tertiary/aromatic N) is 3. The van der Waals surface area contributed by atoms with Crippen LogP contribution in [0, 0.1) is 12.8 Å². The van der Waals surface area contributed by atoms with Gasteiger partial charge in [-0.3, -0.25) is 9.48 Å². The molecule has 0 bridgehead atoms. The number of carboxylic acids is 1. The minimum Gasteiger partial charge on any atom is -0.489 e. The second kappa shape index (κ2) is 7.23. The molecular formula is C18H24N4O3. The zero-order valence-corrected chi connectivity index (χ0v) is 14.6. The zero-order valence-electron chi connectivity index (χ0n) is 14.6. The monoisotopic (exact) mass is 344 g/mol. The van der Waals surface area contributed by atoms with E-state index >= 15 is 0 Å². The number of rotatable bonds is 5. The van der Waals surface area contributed by atoms with Gasteiger partial charge in [-0.2, -0.15) is 5.10 Å². The van der Waals surface area contributed by atoms with Crippen LogP contribution in [0.5, 0.6) is 5.75 Å². The number of aryl methyl sites for hydroxylation is 2. The summed E-state index contributed by atoms with van der Waals surface area (Å²) in [5, 5.41) is 13.4. The molecule has 2 atom stereocenters. The van der Waals surface area contributed by atoms with Gasteiger partial charge in [0, 0.05) is 19.2 Å². The Balaban J connectivity index is 1.77. The van der Waals surface area contributed by atoms with Crippen molar-refractivity contribution in [2.75, 3.05) is 0 Å². The maximum atomic E-state index is 11.2.